The molecule has 0 bridgehead atoms. The largest absolute Gasteiger partial charge is 0.478 e. The first-order valence-electron chi connectivity index (χ1n) is 5.63. The summed E-state index contributed by atoms with van der Waals surface area (Å²) in [4.78, 5) is 11.0. The predicted molar refractivity (Wildman–Crippen MR) is 69.6 cm³/mol. The maximum atomic E-state index is 11.0. The summed E-state index contributed by atoms with van der Waals surface area (Å²) in [6.45, 7) is 0.394. The van der Waals surface area contributed by atoms with Crippen molar-refractivity contribution in [1.29, 1.82) is 0 Å². The summed E-state index contributed by atoms with van der Waals surface area (Å²) >= 11 is 0. The van der Waals surface area contributed by atoms with Gasteiger partial charge in [-0.3, -0.25) is 0 Å². The van der Waals surface area contributed by atoms with Crippen LogP contribution in [0.3, 0.4) is 0 Å². The number of benzene rings is 2. The smallest absolute Gasteiger partial charge is 0.335 e. The zero-order chi connectivity index (χ0) is 13.0. The summed E-state index contributed by atoms with van der Waals surface area (Å²) in [7, 11) is 1.60. The lowest BCUT2D eigenvalue weighted by atomic mass is 9.98. The number of aromatic carboxylic acids is 1. The highest BCUT2D eigenvalue weighted by Gasteiger charge is 2.09. The molecule has 92 valence electrons. The molecule has 2 aromatic carbocycles. The second kappa shape index (κ2) is 5.47. The van der Waals surface area contributed by atoms with E-state index < -0.39 is 5.97 Å². The molecule has 1 N–H and O–H groups in total. The predicted octanol–water partition coefficient (Wildman–Crippen LogP) is 3.20. The Balaban J connectivity index is 2.50. The minimum absolute atomic E-state index is 0.279. The molecule has 3 nitrogen and oxygen atoms in total. The first-order valence-corrected chi connectivity index (χ1v) is 5.63. The molecule has 0 aromatic heterocycles. The summed E-state index contributed by atoms with van der Waals surface area (Å²) in [5.74, 6) is -0.924. The van der Waals surface area contributed by atoms with Crippen LogP contribution in [-0.4, -0.2) is 18.2 Å². The molecule has 0 amide bonds. The van der Waals surface area contributed by atoms with Crippen molar-refractivity contribution in [3.05, 3.63) is 59.7 Å². The average Bonchev–Trinajstić information content (AvgIpc) is 2.40. The van der Waals surface area contributed by atoms with Crippen molar-refractivity contribution in [2.75, 3.05) is 7.11 Å². The Hall–Kier alpha value is -2.13. The molecule has 0 fully saturated rings. The normalized spacial score (nSPS) is 10.3. The Labute approximate surface area is 106 Å². The molecule has 0 spiro atoms. The van der Waals surface area contributed by atoms with Crippen LogP contribution in [0.2, 0.25) is 0 Å². The lowest BCUT2D eigenvalue weighted by Crippen LogP contribution is -2.00. The molecule has 0 unspecified atom stereocenters. The third-order valence-corrected chi connectivity index (χ3v) is 2.74. The quantitative estimate of drug-likeness (QED) is 0.895. The van der Waals surface area contributed by atoms with Gasteiger partial charge in [0.2, 0.25) is 0 Å². The van der Waals surface area contributed by atoms with E-state index >= 15 is 0 Å². The Morgan fingerprint density at radius 2 is 1.89 bits per heavy atom. The van der Waals surface area contributed by atoms with Gasteiger partial charge < -0.3 is 9.84 Å². The summed E-state index contributed by atoms with van der Waals surface area (Å²) in [5, 5.41) is 9.00. The van der Waals surface area contributed by atoms with Gasteiger partial charge in [0.1, 0.15) is 0 Å². The van der Waals surface area contributed by atoms with Crippen molar-refractivity contribution < 1.29 is 14.6 Å². The van der Waals surface area contributed by atoms with E-state index in [0.717, 1.165) is 16.7 Å². The molecule has 0 saturated carbocycles. The number of rotatable bonds is 4. The van der Waals surface area contributed by atoms with Crippen molar-refractivity contribution in [3.8, 4) is 11.1 Å². The third kappa shape index (κ3) is 2.57. The molecule has 18 heavy (non-hydrogen) atoms. The lowest BCUT2D eigenvalue weighted by Gasteiger charge is -2.10. The fraction of sp³-hybridized carbons (Fsp3) is 0.133. The van der Waals surface area contributed by atoms with Gasteiger partial charge in [0, 0.05) is 7.11 Å². The molecule has 0 saturated heterocycles. The number of hydrogen-bond acceptors (Lipinski definition) is 2. The van der Waals surface area contributed by atoms with Crippen molar-refractivity contribution in [3.63, 3.8) is 0 Å². The van der Waals surface area contributed by atoms with Gasteiger partial charge in [-0.15, -0.1) is 0 Å². The number of methoxy groups -OCH3 is 1. The Morgan fingerprint density at radius 3 is 2.50 bits per heavy atom. The van der Waals surface area contributed by atoms with E-state index in [1.807, 2.05) is 36.4 Å². The van der Waals surface area contributed by atoms with Gasteiger partial charge in [0.05, 0.1) is 12.2 Å². The molecule has 0 radical (unpaired) electrons. The summed E-state index contributed by atoms with van der Waals surface area (Å²) in [6, 6.07) is 15.0. The third-order valence-electron chi connectivity index (χ3n) is 2.74. The molecule has 2 rings (SSSR count). The van der Waals surface area contributed by atoms with Gasteiger partial charge in [0.25, 0.3) is 0 Å². The van der Waals surface area contributed by atoms with Crippen LogP contribution in [0, 0.1) is 0 Å². The average molecular weight is 242 g/mol. The van der Waals surface area contributed by atoms with Crippen LogP contribution in [0.5, 0.6) is 0 Å². The van der Waals surface area contributed by atoms with Gasteiger partial charge in [0.15, 0.2) is 0 Å². The highest BCUT2D eigenvalue weighted by molar-refractivity contribution is 5.89. The molecule has 3 heteroatoms. The van der Waals surface area contributed by atoms with Crippen LogP contribution in [0.15, 0.2) is 48.5 Å². The topological polar surface area (TPSA) is 46.5 Å². The molecule has 0 aliphatic heterocycles. The van der Waals surface area contributed by atoms with Crippen LogP contribution in [0.1, 0.15) is 15.9 Å². The number of carboxylic acids is 1. The van der Waals surface area contributed by atoms with Gasteiger partial charge in [-0.2, -0.15) is 0 Å². The van der Waals surface area contributed by atoms with E-state index in [-0.39, 0.29) is 5.56 Å². The Bertz CT molecular complexity index is 547. The van der Waals surface area contributed by atoms with Crippen molar-refractivity contribution in [2.45, 2.75) is 6.61 Å². The number of carbonyl (C=O) groups is 1. The van der Waals surface area contributed by atoms with Crippen LogP contribution in [-0.2, 0) is 11.3 Å². The monoisotopic (exact) mass is 242 g/mol. The molecule has 2 aromatic rings. The van der Waals surface area contributed by atoms with E-state index in [0.29, 0.717) is 6.61 Å². The van der Waals surface area contributed by atoms with E-state index in [2.05, 4.69) is 0 Å². The summed E-state index contributed by atoms with van der Waals surface area (Å²) in [5.41, 5.74) is 3.22. The van der Waals surface area contributed by atoms with Crippen molar-refractivity contribution >= 4 is 5.97 Å². The molecule has 0 aliphatic rings. The van der Waals surface area contributed by atoms with Gasteiger partial charge >= 0.3 is 5.97 Å². The first-order chi connectivity index (χ1) is 8.72. The Morgan fingerprint density at radius 1 is 1.17 bits per heavy atom. The van der Waals surface area contributed by atoms with Crippen molar-refractivity contribution in [2.24, 2.45) is 0 Å². The minimum atomic E-state index is -0.924. The van der Waals surface area contributed by atoms with Crippen LogP contribution in [0.25, 0.3) is 11.1 Å². The molecular formula is C15H14O3. The van der Waals surface area contributed by atoms with Gasteiger partial charge in [-0.05, 0) is 28.8 Å². The molecule has 0 aliphatic carbocycles. The molecule has 0 atom stereocenters. The van der Waals surface area contributed by atoms with Gasteiger partial charge in [-0.25, -0.2) is 4.79 Å². The van der Waals surface area contributed by atoms with Gasteiger partial charge in [-0.1, -0.05) is 36.4 Å². The van der Waals surface area contributed by atoms with E-state index in [4.69, 9.17) is 9.84 Å². The first kappa shape index (κ1) is 12.3. The maximum absolute atomic E-state index is 11.0. The van der Waals surface area contributed by atoms with Crippen molar-refractivity contribution in [1.82, 2.24) is 0 Å². The zero-order valence-electron chi connectivity index (χ0n) is 10.1. The summed E-state index contributed by atoms with van der Waals surface area (Å²) < 4.78 is 5.13. The number of ether oxygens (including phenoxy) is 1. The maximum Gasteiger partial charge on any atom is 0.335 e. The van der Waals surface area contributed by atoms with E-state index in [9.17, 15) is 4.79 Å². The van der Waals surface area contributed by atoms with E-state index in [1.165, 1.54) is 0 Å². The minimum Gasteiger partial charge on any atom is -0.478 e. The fourth-order valence-electron chi connectivity index (χ4n) is 1.90. The second-order valence-electron chi connectivity index (χ2n) is 3.98. The second-order valence-corrected chi connectivity index (χ2v) is 3.98. The number of hydrogen-bond donors (Lipinski definition) is 1. The van der Waals surface area contributed by atoms with Crippen LogP contribution >= 0.6 is 0 Å². The van der Waals surface area contributed by atoms with E-state index in [1.54, 1.807) is 19.2 Å². The van der Waals surface area contributed by atoms with Crippen LogP contribution in [0.4, 0.5) is 0 Å². The Kier molecular flexibility index (Phi) is 3.75. The standard InChI is InChI=1S/C15H14O3/c1-18-10-13-9-12(15(16)17)7-8-14(13)11-5-3-2-4-6-11/h2-9H,10H2,1H3,(H,16,17). The number of carboxylic acid groups (broad SMARTS) is 1. The van der Waals surface area contributed by atoms with Crippen LogP contribution < -0.4 is 0 Å². The molecule has 0 heterocycles. The molecular weight excluding hydrogens is 228 g/mol. The fourth-order valence-corrected chi connectivity index (χ4v) is 1.90. The zero-order valence-corrected chi connectivity index (χ0v) is 10.1. The SMILES string of the molecule is COCc1cc(C(=O)O)ccc1-c1ccccc1. The highest BCUT2D eigenvalue weighted by atomic mass is 16.5. The highest BCUT2D eigenvalue weighted by Crippen LogP contribution is 2.25. The lowest BCUT2D eigenvalue weighted by molar-refractivity contribution is 0.0696. The summed E-state index contributed by atoms with van der Waals surface area (Å²) in [6.07, 6.45) is 0.